The van der Waals surface area contributed by atoms with E-state index in [9.17, 15) is 0 Å². The molecule has 108 valence electrons. The van der Waals surface area contributed by atoms with Gasteiger partial charge >= 0.3 is 0 Å². The van der Waals surface area contributed by atoms with Gasteiger partial charge in [0.05, 0.1) is 25.7 Å². The Balaban J connectivity index is 2.05. The Morgan fingerprint density at radius 1 is 1.37 bits per heavy atom. The Morgan fingerprint density at radius 3 is 2.84 bits per heavy atom. The van der Waals surface area contributed by atoms with Crippen LogP contribution in [0.25, 0.3) is 0 Å². The second-order valence-electron chi connectivity index (χ2n) is 4.79. The molecular weight excluding hydrogens is 246 g/mol. The monoisotopic (exact) mass is 269 g/mol. The molecule has 1 fully saturated rings. The normalized spacial score (nSPS) is 23.2. The zero-order valence-corrected chi connectivity index (χ0v) is 11.9. The summed E-state index contributed by atoms with van der Waals surface area (Å²) in [5.41, 5.74) is 0. The van der Waals surface area contributed by atoms with Crippen molar-refractivity contribution < 1.29 is 14.0 Å². The molecule has 3 atom stereocenters. The molecule has 1 saturated heterocycles. The lowest BCUT2D eigenvalue weighted by Gasteiger charge is -2.20. The van der Waals surface area contributed by atoms with Crippen LogP contribution in [0.1, 0.15) is 50.9 Å². The second-order valence-corrected chi connectivity index (χ2v) is 4.79. The standard InChI is InChI=1S/C13H23N3O3/c1-4-10(9(3)14-5-2)13-15-12(16-19-13)11-8-17-6-7-18-11/h9-11,14H,4-8H2,1-3H3. The average Bonchev–Trinajstić information content (AvgIpc) is 2.90. The fraction of sp³-hybridized carbons (Fsp3) is 0.846. The number of hydrogen-bond acceptors (Lipinski definition) is 6. The third kappa shape index (κ3) is 3.52. The second kappa shape index (κ2) is 6.98. The van der Waals surface area contributed by atoms with Crippen LogP contribution < -0.4 is 5.32 Å². The summed E-state index contributed by atoms with van der Waals surface area (Å²) in [5, 5.41) is 7.43. The molecule has 19 heavy (non-hydrogen) atoms. The van der Waals surface area contributed by atoms with E-state index in [1.165, 1.54) is 0 Å². The van der Waals surface area contributed by atoms with Crippen LogP contribution in [0.5, 0.6) is 0 Å². The molecular formula is C13H23N3O3. The van der Waals surface area contributed by atoms with E-state index in [1.54, 1.807) is 0 Å². The zero-order valence-electron chi connectivity index (χ0n) is 11.9. The number of hydrogen-bond donors (Lipinski definition) is 1. The quantitative estimate of drug-likeness (QED) is 0.847. The maximum absolute atomic E-state index is 5.57. The predicted octanol–water partition coefficient (Wildman–Crippen LogP) is 1.65. The minimum absolute atomic E-state index is 0.196. The van der Waals surface area contributed by atoms with Gasteiger partial charge in [-0.05, 0) is 19.9 Å². The van der Waals surface area contributed by atoms with Gasteiger partial charge in [-0.3, -0.25) is 0 Å². The minimum Gasteiger partial charge on any atom is -0.376 e. The summed E-state index contributed by atoms with van der Waals surface area (Å²) in [4.78, 5) is 4.49. The van der Waals surface area contributed by atoms with Gasteiger partial charge in [0.2, 0.25) is 11.7 Å². The van der Waals surface area contributed by atoms with Crippen LogP contribution in [0.4, 0.5) is 0 Å². The molecule has 0 aromatic carbocycles. The fourth-order valence-electron chi connectivity index (χ4n) is 2.37. The topological polar surface area (TPSA) is 69.4 Å². The molecule has 0 saturated carbocycles. The molecule has 1 N–H and O–H groups in total. The van der Waals surface area contributed by atoms with Crippen molar-refractivity contribution in [3.63, 3.8) is 0 Å². The van der Waals surface area contributed by atoms with Gasteiger partial charge in [-0.25, -0.2) is 0 Å². The maximum atomic E-state index is 5.57. The van der Waals surface area contributed by atoms with Gasteiger partial charge in [0, 0.05) is 6.04 Å². The number of nitrogens with one attached hydrogen (secondary N) is 1. The first-order valence-electron chi connectivity index (χ1n) is 7.02. The van der Waals surface area contributed by atoms with Gasteiger partial charge < -0.3 is 19.3 Å². The molecule has 0 aliphatic carbocycles. The van der Waals surface area contributed by atoms with Crippen LogP contribution in [0.3, 0.4) is 0 Å². The van der Waals surface area contributed by atoms with Crippen molar-refractivity contribution in [3.05, 3.63) is 11.7 Å². The van der Waals surface area contributed by atoms with Crippen molar-refractivity contribution in [2.75, 3.05) is 26.4 Å². The Labute approximate surface area is 113 Å². The van der Waals surface area contributed by atoms with Crippen LogP contribution in [0.2, 0.25) is 0 Å². The van der Waals surface area contributed by atoms with E-state index in [-0.39, 0.29) is 12.0 Å². The number of aromatic nitrogens is 2. The average molecular weight is 269 g/mol. The van der Waals surface area contributed by atoms with Crippen LogP contribution in [0, 0.1) is 0 Å². The van der Waals surface area contributed by atoms with E-state index in [0.717, 1.165) is 13.0 Å². The highest BCUT2D eigenvalue weighted by atomic mass is 16.6. The van der Waals surface area contributed by atoms with Crippen LogP contribution >= 0.6 is 0 Å². The molecule has 0 radical (unpaired) electrons. The number of nitrogens with zero attached hydrogens (tertiary/aromatic N) is 2. The molecule has 0 amide bonds. The SMILES string of the molecule is CCNC(C)C(CC)c1nc(C2COCCO2)no1. The van der Waals surface area contributed by atoms with E-state index in [0.29, 0.717) is 37.6 Å². The molecule has 2 rings (SSSR count). The third-order valence-corrected chi connectivity index (χ3v) is 3.45. The van der Waals surface area contributed by atoms with Gasteiger partial charge in [0.15, 0.2) is 0 Å². The van der Waals surface area contributed by atoms with E-state index < -0.39 is 0 Å². The lowest BCUT2D eigenvalue weighted by molar-refractivity contribution is -0.0941. The first-order chi connectivity index (χ1) is 9.26. The van der Waals surface area contributed by atoms with Gasteiger partial charge in [-0.2, -0.15) is 4.98 Å². The Hall–Kier alpha value is -0.980. The largest absolute Gasteiger partial charge is 0.376 e. The highest BCUT2D eigenvalue weighted by Crippen LogP contribution is 2.25. The van der Waals surface area contributed by atoms with Crippen molar-refractivity contribution in [1.82, 2.24) is 15.5 Å². The maximum Gasteiger partial charge on any atom is 0.231 e. The van der Waals surface area contributed by atoms with Crippen LogP contribution in [0.15, 0.2) is 4.52 Å². The van der Waals surface area contributed by atoms with Gasteiger partial charge in [0.25, 0.3) is 0 Å². The minimum atomic E-state index is -0.196. The van der Waals surface area contributed by atoms with Crippen LogP contribution in [-0.2, 0) is 9.47 Å². The Morgan fingerprint density at radius 2 is 2.21 bits per heavy atom. The van der Waals surface area contributed by atoms with E-state index >= 15 is 0 Å². The summed E-state index contributed by atoms with van der Waals surface area (Å²) in [7, 11) is 0. The first kappa shape index (κ1) is 14.4. The number of likely N-dealkylation sites (N-methyl/N-ethyl adjacent to an activating group) is 1. The van der Waals surface area contributed by atoms with Crippen molar-refractivity contribution in [3.8, 4) is 0 Å². The highest BCUT2D eigenvalue weighted by molar-refractivity contribution is 5.00. The summed E-state index contributed by atoms with van der Waals surface area (Å²) in [5.74, 6) is 1.50. The molecule has 3 unspecified atom stereocenters. The molecule has 6 nitrogen and oxygen atoms in total. The Bertz CT molecular complexity index is 377. The van der Waals surface area contributed by atoms with Crippen molar-refractivity contribution in [2.24, 2.45) is 0 Å². The highest BCUT2D eigenvalue weighted by Gasteiger charge is 2.27. The lowest BCUT2D eigenvalue weighted by atomic mass is 9.98. The third-order valence-electron chi connectivity index (χ3n) is 3.45. The van der Waals surface area contributed by atoms with E-state index in [4.69, 9.17) is 14.0 Å². The van der Waals surface area contributed by atoms with Gasteiger partial charge in [-0.1, -0.05) is 19.0 Å². The van der Waals surface area contributed by atoms with E-state index in [2.05, 4.69) is 36.2 Å². The molecule has 6 heteroatoms. The smallest absolute Gasteiger partial charge is 0.231 e. The zero-order chi connectivity index (χ0) is 13.7. The lowest BCUT2D eigenvalue weighted by Crippen LogP contribution is -2.32. The molecule has 1 aromatic heterocycles. The predicted molar refractivity (Wildman–Crippen MR) is 70.0 cm³/mol. The summed E-state index contributed by atoms with van der Waals surface area (Å²) >= 11 is 0. The van der Waals surface area contributed by atoms with Crippen molar-refractivity contribution >= 4 is 0 Å². The number of rotatable bonds is 6. The van der Waals surface area contributed by atoms with Gasteiger partial charge in [0.1, 0.15) is 6.10 Å². The van der Waals surface area contributed by atoms with Crippen molar-refractivity contribution in [2.45, 2.75) is 45.3 Å². The van der Waals surface area contributed by atoms with E-state index in [1.807, 2.05) is 0 Å². The molecule has 1 aliphatic rings. The summed E-state index contributed by atoms with van der Waals surface area (Å²) in [6.45, 7) is 9.01. The molecule has 0 bridgehead atoms. The molecule has 0 spiro atoms. The fourth-order valence-corrected chi connectivity index (χ4v) is 2.37. The number of ether oxygens (including phenoxy) is 2. The summed E-state index contributed by atoms with van der Waals surface area (Å²) in [6.07, 6.45) is 0.760. The van der Waals surface area contributed by atoms with Crippen molar-refractivity contribution in [1.29, 1.82) is 0 Å². The summed E-state index contributed by atoms with van der Waals surface area (Å²) in [6, 6.07) is 0.312. The van der Waals surface area contributed by atoms with Crippen LogP contribution in [-0.4, -0.2) is 42.5 Å². The Kier molecular flexibility index (Phi) is 5.30. The van der Waals surface area contributed by atoms with Gasteiger partial charge in [-0.15, -0.1) is 0 Å². The molecule has 1 aliphatic heterocycles. The summed E-state index contributed by atoms with van der Waals surface area (Å²) < 4.78 is 16.3. The molecule has 1 aromatic rings. The first-order valence-corrected chi connectivity index (χ1v) is 7.02. The molecule has 2 heterocycles.